The van der Waals surface area contributed by atoms with Crippen LogP contribution in [0.5, 0.6) is 5.75 Å². The number of benzene rings is 1. The van der Waals surface area contributed by atoms with Crippen LogP contribution < -0.4 is 10.5 Å². The monoisotopic (exact) mass is 232 g/mol. The molecule has 0 saturated carbocycles. The second-order valence-corrected chi connectivity index (χ2v) is 3.15. The molecule has 0 aromatic heterocycles. The molecule has 0 amide bonds. The van der Waals surface area contributed by atoms with Gasteiger partial charge in [0.05, 0.1) is 18.0 Å². The maximum absolute atomic E-state index is 12.3. The Balaban J connectivity index is 2.64. The number of halogens is 3. The fourth-order valence-corrected chi connectivity index (χ4v) is 1.04. The van der Waals surface area contributed by atoms with Crippen molar-refractivity contribution in [1.82, 2.24) is 0 Å². The highest BCUT2D eigenvalue weighted by molar-refractivity contribution is 5.76. The highest BCUT2D eigenvalue weighted by Gasteiger charge is 2.30. The molecule has 3 nitrogen and oxygen atoms in total. The predicted molar refractivity (Wildman–Crippen MR) is 53.5 cm³/mol. The van der Waals surface area contributed by atoms with E-state index in [1.807, 2.05) is 0 Å². The normalized spacial score (nSPS) is 11.2. The Morgan fingerprint density at radius 3 is 2.62 bits per heavy atom. The van der Waals surface area contributed by atoms with Gasteiger partial charge in [0.2, 0.25) is 0 Å². The minimum absolute atomic E-state index is 0.0630. The molecular formula is C10H11F3N2O. The molecule has 6 heteroatoms. The van der Waals surface area contributed by atoms with Crippen LogP contribution in [0.2, 0.25) is 0 Å². The third kappa shape index (κ3) is 3.80. The molecule has 0 spiro atoms. The Kier molecular flexibility index (Phi) is 3.76. The Labute approximate surface area is 90.5 Å². The van der Waals surface area contributed by atoms with Crippen LogP contribution in [-0.2, 0) is 6.18 Å². The lowest BCUT2D eigenvalue weighted by Crippen LogP contribution is -2.14. The summed E-state index contributed by atoms with van der Waals surface area (Å²) in [5.41, 5.74) is 4.32. The fraction of sp³-hybridized carbons (Fsp3) is 0.300. The highest BCUT2D eigenvalue weighted by atomic mass is 19.4. The molecule has 0 aliphatic heterocycles. The first-order valence-electron chi connectivity index (χ1n) is 4.52. The van der Waals surface area contributed by atoms with Crippen molar-refractivity contribution in [2.75, 3.05) is 6.61 Å². The topological polar surface area (TPSA) is 59.1 Å². The van der Waals surface area contributed by atoms with Crippen LogP contribution in [0.15, 0.2) is 24.3 Å². The Hall–Kier alpha value is -1.72. The van der Waals surface area contributed by atoms with Crippen LogP contribution in [0.4, 0.5) is 13.2 Å². The molecule has 0 aliphatic carbocycles. The van der Waals surface area contributed by atoms with E-state index in [-0.39, 0.29) is 24.6 Å². The number of hydrogen-bond acceptors (Lipinski definition) is 2. The van der Waals surface area contributed by atoms with Crippen molar-refractivity contribution >= 4 is 5.84 Å². The number of nitrogens with one attached hydrogen (secondary N) is 1. The van der Waals surface area contributed by atoms with Gasteiger partial charge in [-0.15, -0.1) is 0 Å². The zero-order valence-corrected chi connectivity index (χ0v) is 8.34. The van der Waals surface area contributed by atoms with Crippen LogP contribution in [0.3, 0.4) is 0 Å². The first-order chi connectivity index (χ1) is 7.39. The van der Waals surface area contributed by atoms with E-state index in [0.717, 1.165) is 12.1 Å². The average molecular weight is 232 g/mol. The Morgan fingerprint density at radius 1 is 1.38 bits per heavy atom. The number of hydrogen-bond donors (Lipinski definition) is 2. The van der Waals surface area contributed by atoms with Crippen molar-refractivity contribution in [1.29, 1.82) is 5.41 Å². The second kappa shape index (κ2) is 4.87. The maximum atomic E-state index is 12.3. The third-order valence-corrected chi connectivity index (χ3v) is 1.80. The van der Waals surface area contributed by atoms with E-state index in [1.165, 1.54) is 12.1 Å². The lowest BCUT2D eigenvalue weighted by atomic mass is 10.2. The van der Waals surface area contributed by atoms with Gasteiger partial charge < -0.3 is 10.5 Å². The quantitative estimate of drug-likeness (QED) is 0.618. The summed E-state index contributed by atoms with van der Waals surface area (Å²) >= 11 is 0. The lowest BCUT2D eigenvalue weighted by Gasteiger charge is -2.09. The van der Waals surface area contributed by atoms with E-state index >= 15 is 0 Å². The van der Waals surface area contributed by atoms with Crippen LogP contribution in [0, 0.1) is 5.41 Å². The third-order valence-electron chi connectivity index (χ3n) is 1.80. The van der Waals surface area contributed by atoms with Gasteiger partial charge in [0.25, 0.3) is 0 Å². The van der Waals surface area contributed by atoms with Crippen molar-refractivity contribution in [3.8, 4) is 5.75 Å². The number of ether oxygens (including phenoxy) is 1. The summed E-state index contributed by atoms with van der Waals surface area (Å²) in [7, 11) is 0. The molecule has 0 bridgehead atoms. The molecule has 3 N–H and O–H groups in total. The van der Waals surface area contributed by atoms with E-state index in [9.17, 15) is 13.2 Å². The summed E-state index contributed by atoms with van der Waals surface area (Å²) in [5, 5.41) is 6.92. The number of alkyl halides is 3. The molecule has 1 aromatic rings. The summed E-state index contributed by atoms with van der Waals surface area (Å²) < 4.78 is 42.0. The first-order valence-corrected chi connectivity index (χ1v) is 4.52. The Bertz CT molecular complexity index is 377. The second-order valence-electron chi connectivity index (χ2n) is 3.15. The van der Waals surface area contributed by atoms with Crippen molar-refractivity contribution < 1.29 is 17.9 Å². The molecule has 16 heavy (non-hydrogen) atoms. The van der Waals surface area contributed by atoms with Crippen molar-refractivity contribution in [3.05, 3.63) is 29.8 Å². The Morgan fingerprint density at radius 2 is 2.06 bits per heavy atom. The van der Waals surface area contributed by atoms with Gasteiger partial charge in [-0.2, -0.15) is 13.2 Å². The molecule has 1 rings (SSSR count). The van der Waals surface area contributed by atoms with Crippen LogP contribution >= 0.6 is 0 Å². The van der Waals surface area contributed by atoms with Gasteiger partial charge in [-0.25, -0.2) is 0 Å². The van der Waals surface area contributed by atoms with E-state index in [1.54, 1.807) is 0 Å². The average Bonchev–Trinajstić information content (AvgIpc) is 2.16. The largest absolute Gasteiger partial charge is 0.493 e. The molecular weight excluding hydrogens is 221 g/mol. The molecule has 0 aliphatic rings. The summed E-state index contributed by atoms with van der Waals surface area (Å²) in [4.78, 5) is 0. The SMILES string of the molecule is N=C(N)CCOc1cccc(C(F)(F)F)c1. The molecule has 0 radical (unpaired) electrons. The van der Waals surface area contributed by atoms with Gasteiger partial charge >= 0.3 is 6.18 Å². The van der Waals surface area contributed by atoms with Gasteiger partial charge in [-0.05, 0) is 18.2 Å². The van der Waals surface area contributed by atoms with Crippen molar-refractivity contribution in [2.24, 2.45) is 5.73 Å². The highest BCUT2D eigenvalue weighted by Crippen LogP contribution is 2.31. The summed E-state index contributed by atoms with van der Waals surface area (Å²) in [6.45, 7) is 0.0939. The van der Waals surface area contributed by atoms with Crippen molar-refractivity contribution in [2.45, 2.75) is 12.6 Å². The molecule has 1 aromatic carbocycles. The number of amidine groups is 1. The minimum Gasteiger partial charge on any atom is -0.493 e. The van der Waals surface area contributed by atoms with Crippen molar-refractivity contribution in [3.63, 3.8) is 0 Å². The molecule has 0 saturated heterocycles. The fourth-order valence-electron chi connectivity index (χ4n) is 1.04. The van der Waals surface area contributed by atoms with E-state index in [4.69, 9.17) is 15.9 Å². The summed E-state index contributed by atoms with van der Waals surface area (Å²) in [6, 6.07) is 4.58. The van der Waals surface area contributed by atoms with Gasteiger partial charge in [-0.1, -0.05) is 6.07 Å². The standard InChI is InChI=1S/C10H11F3N2O/c11-10(12,13)7-2-1-3-8(6-7)16-5-4-9(14)15/h1-3,6H,4-5H2,(H3,14,15). The molecule has 88 valence electrons. The van der Waals surface area contributed by atoms with Gasteiger partial charge in [0.15, 0.2) is 0 Å². The van der Waals surface area contributed by atoms with Crippen LogP contribution in [0.25, 0.3) is 0 Å². The molecule has 0 heterocycles. The van der Waals surface area contributed by atoms with E-state index in [2.05, 4.69) is 0 Å². The smallest absolute Gasteiger partial charge is 0.416 e. The molecule has 0 atom stereocenters. The first kappa shape index (κ1) is 12.4. The number of rotatable bonds is 4. The zero-order valence-electron chi connectivity index (χ0n) is 8.34. The van der Waals surface area contributed by atoms with Crippen LogP contribution in [0.1, 0.15) is 12.0 Å². The van der Waals surface area contributed by atoms with E-state index in [0.29, 0.717) is 0 Å². The minimum atomic E-state index is -4.38. The number of nitrogens with two attached hydrogens (primary N) is 1. The lowest BCUT2D eigenvalue weighted by molar-refractivity contribution is -0.137. The van der Waals surface area contributed by atoms with Gasteiger partial charge in [-0.3, -0.25) is 5.41 Å². The summed E-state index contributed by atoms with van der Waals surface area (Å²) in [6.07, 6.45) is -4.18. The summed E-state index contributed by atoms with van der Waals surface area (Å²) in [5.74, 6) is 0.0584. The predicted octanol–water partition coefficient (Wildman–Crippen LogP) is 2.41. The van der Waals surface area contributed by atoms with Gasteiger partial charge in [0.1, 0.15) is 5.75 Å². The maximum Gasteiger partial charge on any atom is 0.416 e. The molecule has 0 unspecified atom stereocenters. The van der Waals surface area contributed by atoms with Crippen LogP contribution in [-0.4, -0.2) is 12.4 Å². The molecule has 0 fully saturated rings. The van der Waals surface area contributed by atoms with Gasteiger partial charge in [0, 0.05) is 6.42 Å². The van der Waals surface area contributed by atoms with E-state index < -0.39 is 11.7 Å². The zero-order chi connectivity index (χ0) is 12.2.